The van der Waals surface area contributed by atoms with Crippen LogP contribution in [0, 0.1) is 6.57 Å². The van der Waals surface area contributed by atoms with Gasteiger partial charge >= 0.3 is 0 Å². The molecule has 0 aliphatic heterocycles. The molecule has 0 heterocycles. The Morgan fingerprint density at radius 2 is 1.80 bits per heavy atom. The van der Waals surface area contributed by atoms with Crippen molar-refractivity contribution < 1.29 is 0 Å². The van der Waals surface area contributed by atoms with Gasteiger partial charge in [-0.15, -0.1) is 0 Å². The van der Waals surface area contributed by atoms with Gasteiger partial charge in [-0.1, -0.05) is 43.5 Å². The molecule has 1 aliphatic rings. The van der Waals surface area contributed by atoms with Crippen LogP contribution in [0.25, 0.3) is 4.85 Å². The Morgan fingerprint density at radius 1 is 1.05 bits per heavy atom. The molecule has 1 aliphatic carbocycles. The fourth-order valence-corrected chi connectivity index (χ4v) is 2.75. The van der Waals surface area contributed by atoms with Gasteiger partial charge in [0.05, 0.1) is 6.57 Å². The zero-order valence-electron chi connectivity index (χ0n) is 12.2. The maximum Gasteiger partial charge on any atom is 0.187 e. The van der Waals surface area contributed by atoms with E-state index in [0.717, 1.165) is 25.7 Å². The van der Waals surface area contributed by atoms with Gasteiger partial charge < -0.3 is 10.6 Å². The summed E-state index contributed by atoms with van der Waals surface area (Å²) in [5, 5.41) is 7.12. The van der Waals surface area contributed by atoms with Gasteiger partial charge in [-0.05, 0) is 37.9 Å². The van der Waals surface area contributed by atoms with Crippen molar-refractivity contribution in [3.05, 3.63) is 41.2 Å². The Bertz CT molecular complexity index is 413. The van der Waals surface area contributed by atoms with Crippen LogP contribution >= 0.6 is 0 Å². The van der Waals surface area contributed by atoms with E-state index in [4.69, 9.17) is 6.57 Å². The summed E-state index contributed by atoms with van der Waals surface area (Å²) in [5.74, 6) is 0. The lowest BCUT2D eigenvalue weighted by molar-refractivity contribution is 0.371. The summed E-state index contributed by atoms with van der Waals surface area (Å²) in [4.78, 5) is 3.40. The monoisotopic (exact) mass is 271 g/mol. The van der Waals surface area contributed by atoms with Gasteiger partial charge in [0.25, 0.3) is 0 Å². The topological polar surface area (TPSA) is 28.4 Å². The first-order valence-corrected chi connectivity index (χ1v) is 7.79. The summed E-state index contributed by atoms with van der Waals surface area (Å²) >= 11 is 0. The van der Waals surface area contributed by atoms with Crippen LogP contribution < -0.4 is 10.6 Å². The number of nitrogens with one attached hydrogen (secondary N) is 2. The van der Waals surface area contributed by atoms with E-state index >= 15 is 0 Å². The maximum atomic E-state index is 6.92. The number of benzene rings is 1. The summed E-state index contributed by atoms with van der Waals surface area (Å²) in [6, 6.07) is 8.59. The molecule has 0 saturated heterocycles. The standard InChI is InChI=1S/C17H25N3/c1-18-16-10-8-15(9-11-16)14-19-12-5-13-20-17-6-3-2-4-7-17/h8-11,17,19-20H,2-7,12-14H2. The van der Waals surface area contributed by atoms with Crippen molar-refractivity contribution in [2.75, 3.05) is 13.1 Å². The van der Waals surface area contributed by atoms with Crippen molar-refractivity contribution in [3.63, 3.8) is 0 Å². The maximum absolute atomic E-state index is 6.92. The molecular weight excluding hydrogens is 246 g/mol. The Labute approximate surface area is 122 Å². The lowest BCUT2D eigenvalue weighted by Crippen LogP contribution is -2.33. The van der Waals surface area contributed by atoms with E-state index in [-0.39, 0.29) is 0 Å². The fraction of sp³-hybridized carbons (Fsp3) is 0.588. The van der Waals surface area contributed by atoms with Gasteiger partial charge in [0, 0.05) is 12.6 Å². The van der Waals surface area contributed by atoms with Crippen LogP contribution in [-0.4, -0.2) is 19.1 Å². The third kappa shape index (κ3) is 5.32. The minimum Gasteiger partial charge on any atom is -0.314 e. The molecule has 108 valence electrons. The molecule has 0 atom stereocenters. The molecule has 0 spiro atoms. The smallest absolute Gasteiger partial charge is 0.187 e. The molecule has 2 rings (SSSR count). The Hall–Kier alpha value is -1.37. The molecule has 1 saturated carbocycles. The van der Waals surface area contributed by atoms with Gasteiger partial charge in [-0.3, -0.25) is 0 Å². The summed E-state index contributed by atoms with van der Waals surface area (Å²) in [6.45, 7) is 9.97. The second kappa shape index (κ2) is 8.73. The minimum atomic E-state index is 0.713. The average Bonchev–Trinajstić information content (AvgIpc) is 2.52. The highest BCUT2D eigenvalue weighted by Gasteiger charge is 2.11. The summed E-state index contributed by atoms with van der Waals surface area (Å²) in [6.07, 6.45) is 8.12. The Morgan fingerprint density at radius 3 is 2.50 bits per heavy atom. The van der Waals surface area contributed by atoms with Crippen molar-refractivity contribution in [2.24, 2.45) is 0 Å². The molecule has 3 heteroatoms. The first-order valence-electron chi connectivity index (χ1n) is 7.79. The largest absolute Gasteiger partial charge is 0.314 e. The summed E-state index contributed by atoms with van der Waals surface area (Å²) in [5.41, 5.74) is 1.96. The second-order valence-corrected chi connectivity index (χ2v) is 5.60. The molecule has 1 aromatic rings. The molecule has 0 bridgehead atoms. The highest BCUT2D eigenvalue weighted by Crippen LogP contribution is 2.17. The van der Waals surface area contributed by atoms with Gasteiger partial charge in [0.1, 0.15) is 0 Å². The van der Waals surface area contributed by atoms with Gasteiger partial charge in [-0.2, -0.15) is 0 Å². The van der Waals surface area contributed by atoms with E-state index in [1.807, 2.05) is 24.3 Å². The van der Waals surface area contributed by atoms with Crippen molar-refractivity contribution in [3.8, 4) is 0 Å². The highest BCUT2D eigenvalue weighted by molar-refractivity contribution is 5.45. The predicted molar refractivity (Wildman–Crippen MR) is 83.9 cm³/mol. The van der Waals surface area contributed by atoms with E-state index in [2.05, 4.69) is 15.5 Å². The third-order valence-corrected chi connectivity index (χ3v) is 3.96. The van der Waals surface area contributed by atoms with Gasteiger partial charge in [0.2, 0.25) is 0 Å². The SMILES string of the molecule is [C-]#[N+]c1ccc(CNCCCNC2CCCCC2)cc1. The average molecular weight is 271 g/mol. The van der Waals surface area contributed by atoms with Crippen molar-refractivity contribution >= 4 is 5.69 Å². The molecule has 0 aromatic heterocycles. The number of hydrogen-bond acceptors (Lipinski definition) is 2. The normalized spacial score (nSPS) is 15.9. The number of hydrogen-bond donors (Lipinski definition) is 2. The van der Waals surface area contributed by atoms with Crippen molar-refractivity contribution in [1.29, 1.82) is 0 Å². The fourth-order valence-electron chi connectivity index (χ4n) is 2.75. The molecule has 2 N–H and O–H groups in total. The summed E-state index contributed by atoms with van der Waals surface area (Å²) in [7, 11) is 0. The van der Waals surface area contributed by atoms with E-state index < -0.39 is 0 Å². The third-order valence-electron chi connectivity index (χ3n) is 3.96. The highest BCUT2D eigenvalue weighted by atomic mass is 14.9. The molecule has 0 radical (unpaired) electrons. The molecule has 1 aromatic carbocycles. The second-order valence-electron chi connectivity index (χ2n) is 5.60. The quantitative estimate of drug-likeness (QED) is 0.585. The van der Waals surface area contributed by atoms with Crippen molar-refractivity contribution in [1.82, 2.24) is 10.6 Å². The van der Waals surface area contributed by atoms with E-state index in [9.17, 15) is 0 Å². The van der Waals surface area contributed by atoms with Crippen LogP contribution in [-0.2, 0) is 6.54 Å². The van der Waals surface area contributed by atoms with E-state index in [1.54, 1.807) is 0 Å². The molecule has 20 heavy (non-hydrogen) atoms. The molecule has 3 nitrogen and oxygen atoms in total. The van der Waals surface area contributed by atoms with Gasteiger partial charge in [-0.25, -0.2) is 4.85 Å². The first kappa shape index (κ1) is 15.0. The minimum absolute atomic E-state index is 0.713. The zero-order valence-corrected chi connectivity index (χ0v) is 12.2. The van der Waals surface area contributed by atoms with Crippen LogP contribution in [0.2, 0.25) is 0 Å². The van der Waals surface area contributed by atoms with Gasteiger partial charge in [0.15, 0.2) is 5.69 Å². The molecular formula is C17H25N3. The van der Waals surface area contributed by atoms with E-state index in [0.29, 0.717) is 5.69 Å². The predicted octanol–water partition coefficient (Wildman–Crippen LogP) is 3.64. The molecule has 0 unspecified atom stereocenters. The summed E-state index contributed by atoms with van der Waals surface area (Å²) < 4.78 is 0. The Kier molecular flexibility index (Phi) is 6.56. The van der Waals surface area contributed by atoms with Crippen LogP contribution in [0.5, 0.6) is 0 Å². The van der Waals surface area contributed by atoms with E-state index in [1.165, 1.54) is 44.1 Å². The number of rotatable bonds is 7. The lowest BCUT2D eigenvalue weighted by Gasteiger charge is -2.22. The molecule has 0 amide bonds. The van der Waals surface area contributed by atoms with Crippen LogP contribution in [0.4, 0.5) is 5.69 Å². The molecule has 1 fully saturated rings. The van der Waals surface area contributed by atoms with Crippen molar-refractivity contribution in [2.45, 2.75) is 51.1 Å². The van der Waals surface area contributed by atoms with Crippen LogP contribution in [0.15, 0.2) is 24.3 Å². The lowest BCUT2D eigenvalue weighted by atomic mass is 9.95. The first-order chi connectivity index (χ1) is 9.88. The van der Waals surface area contributed by atoms with Crippen LogP contribution in [0.3, 0.4) is 0 Å². The number of nitrogens with zero attached hydrogens (tertiary/aromatic N) is 1. The Balaban J connectivity index is 1.51. The zero-order chi connectivity index (χ0) is 14.0. The van der Waals surface area contributed by atoms with Crippen LogP contribution in [0.1, 0.15) is 44.1 Å².